The van der Waals surface area contributed by atoms with E-state index >= 15 is 0 Å². The molecule has 1 N–H and O–H groups in total. The van der Waals surface area contributed by atoms with Crippen molar-refractivity contribution < 1.29 is 19.3 Å². The van der Waals surface area contributed by atoms with Crippen LogP contribution in [0.25, 0.3) is 0 Å². The maximum absolute atomic E-state index is 12.5. The molecule has 0 spiro atoms. The number of likely N-dealkylation sites (tertiary alicyclic amines) is 1. The highest BCUT2D eigenvalue weighted by atomic mass is 16.2. The van der Waals surface area contributed by atoms with Crippen LogP contribution >= 0.6 is 0 Å². The van der Waals surface area contributed by atoms with Crippen LogP contribution in [0.1, 0.15) is 25.3 Å². The van der Waals surface area contributed by atoms with Crippen molar-refractivity contribution in [2.24, 2.45) is 5.92 Å². The van der Waals surface area contributed by atoms with E-state index in [4.69, 9.17) is 0 Å². The van der Waals surface area contributed by atoms with E-state index in [0.717, 1.165) is 41.3 Å². The van der Waals surface area contributed by atoms with E-state index < -0.39 is 17.8 Å². The van der Waals surface area contributed by atoms with Crippen molar-refractivity contribution in [3.63, 3.8) is 0 Å². The van der Waals surface area contributed by atoms with Crippen LogP contribution in [0.5, 0.6) is 0 Å². The van der Waals surface area contributed by atoms with Gasteiger partial charge in [-0.2, -0.15) is 0 Å². The first kappa shape index (κ1) is 15.7. The van der Waals surface area contributed by atoms with Gasteiger partial charge in [-0.3, -0.25) is 14.5 Å². The first-order valence-corrected chi connectivity index (χ1v) is 8.11. The molecule has 0 aromatic heterocycles. The molecule has 6 nitrogen and oxygen atoms in total. The fourth-order valence-corrected chi connectivity index (χ4v) is 3.15. The van der Waals surface area contributed by atoms with Gasteiger partial charge in [0.2, 0.25) is 0 Å². The third-order valence-corrected chi connectivity index (χ3v) is 4.68. The fraction of sp³-hybridized carbons (Fsp3) is 0.471. The molecule has 2 heterocycles. The molecule has 0 radical (unpaired) electrons. The average molecular weight is 316 g/mol. The largest absolute Gasteiger partial charge is 0.339 e. The number of nitrogens with zero attached hydrogens (tertiary/aromatic N) is 2. The van der Waals surface area contributed by atoms with Gasteiger partial charge < -0.3 is 4.90 Å². The first-order chi connectivity index (χ1) is 11.1. The Morgan fingerprint density at radius 2 is 1.61 bits per heavy atom. The number of quaternary nitrogens is 1. The normalized spacial score (nSPS) is 25.3. The fourth-order valence-electron chi connectivity index (χ4n) is 3.15. The van der Waals surface area contributed by atoms with E-state index in [1.165, 1.54) is 4.90 Å². The summed E-state index contributed by atoms with van der Waals surface area (Å²) in [6, 6.07) is 8.75. The number of carbonyl (C=O) groups excluding carboxylic acids is 3. The van der Waals surface area contributed by atoms with Crippen LogP contribution in [0.2, 0.25) is 0 Å². The maximum atomic E-state index is 12.5. The van der Waals surface area contributed by atoms with Gasteiger partial charge in [0.15, 0.2) is 6.67 Å². The van der Waals surface area contributed by atoms with E-state index in [9.17, 15) is 14.4 Å². The van der Waals surface area contributed by atoms with Gasteiger partial charge in [0.25, 0.3) is 0 Å². The number of piperidine rings is 1. The van der Waals surface area contributed by atoms with Gasteiger partial charge in [0.05, 0.1) is 19.6 Å². The second-order valence-corrected chi connectivity index (χ2v) is 6.48. The Morgan fingerprint density at radius 3 is 2.26 bits per heavy atom. The molecule has 6 heteroatoms. The van der Waals surface area contributed by atoms with E-state index in [0.29, 0.717) is 12.6 Å². The third kappa shape index (κ3) is 3.27. The summed E-state index contributed by atoms with van der Waals surface area (Å²) in [6.45, 7) is 4.53. The summed E-state index contributed by atoms with van der Waals surface area (Å²) in [7, 11) is 0. The highest BCUT2D eigenvalue weighted by Crippen LogP contribution is 2.15. The molecule has 3 rings (SSSR count). The molecule has 4 amide bonds. The summed E-state index contributed by atoms with van der Waals surface area (Å²) < 4.78 is 0. The smallest absolute Gasteiger partial charge is 0.317 e. The lowest BCUT2D eigenvalue weighted by molar-refractivity contribution is -0.913. The van der Waals surface area contributed by atoms with Crippen molar-refractivity contribution >= 4 is 17.8 Å². The second-order valence-electron chi connectivity index (χ2n) is 6.48. The zero-order valence-corrected chi connectivity index (χ0v) is 13.3. The standard InChI is InChI=1S/C17H21N3O3/c1-13-7-9-18(10-8-13)12-20-16(22)15(21)19(17(20)23)11-14-5-3-2-4-6-14/h2-6,13H,7-12H2,1H3/p+1. The number of hydrogen-bond donors (Lipinski definition) is 1. The van der Waals surface area contributed by atoms with E-state index in [-0.39, 0.29) is 6.54 Å². The molecule has 0 saturated carbocycles. The third-order valence-electron chi connectivity index (χ3n) is 4.68. The van der Waals surface area contributed by atoms with Gasteiger partial charge in [-0.05, 0) is 24.3 Å². The lowest BCUT2D eigenvalue weighted by atomic mass is 10.00. The van der Waals surface area contributed by atoms with Crippen LogP contribution < -0.4 is 4.90 Å². The molecule has 2 aliphatic rings. The Morgan fingerprint density at radius 1 is 1.00 bits per heavy atom. The van der Waals surface area contributed by atoms with Crippen molar-refractivity contribution in [1.82, 2.24) is 9.80 Å². The molecule has 2 aliphatic heterocycles. The Kier molecular flexibility index (Phi) is 4.43. The maximum Gasteiger partial charge on any atom is 0.339 e. The minimum absolute atomic E-state index is 0.146. The average Bonchev–Trinajstić information content (AvgIpc) is 2.76. The number of hydrogen-bond acceptors (Lipinski definition) is 3. The van der Waals surface area contributed by atoms with Crippen molar-refractivity contribution in [1.29, 1.82) is 0 Å². The lowest BCUT2D eigenvalue weighted by Crippen LogP contribution is -3.14. The summed E-state index contributed by atoms with van der Waals surface area (Å²) in [4.78, 5) is 40.1. The number of rotatable bonds is 4. The first-order valence-electron chi connectivity index (χ1n) is 8.11. The van der Waals surface area contributed by atoms with Crippen molar-refractivity contribution in [2.45, 2.75) is 26.3 Å². The summed E-state index contributed by atoms with van der Waals surface area (Å²) in [6.07, 6.45) is 2.18. The lowest BCUT2D eigenvalue weighted by Gasteiger charge is -2.29. The molecular weight excluding hydrogens is 294 g/mol. The van der Waals surface area contributed by atoms with Crippen LogP contribution in [0.15, 0.2) is 30.3 Å². The minimum Gasteiger partial charge on any atom is -0.317 e. The highest BCUT2D eigenvalue weighted by molar-refractivity contribution is 6.44. The van der Waals surface area contributed by atoms with Gasteiger partial charge in [-0.25, -0.2) is 9.69 Å². The molecule has 2 saturated heterocycles. The minimum atomic E-state index is -0.719. The summed E-state index contributed by atoms with van der Waals surface area (Å²) in [5, 5.41) is 0. The van der Waals surface area contributed by atoms with E-state index in [1.807, 2.05) is 30.3 Å². The predicted octanol–water partition coefficient (Wildman–Crippen LogP) is 0.250. The zero-order valence-electron chi connectivity index (χ0n) is 13.3. The summed E-state index contributed by atoms with van der Waals surface area (Å²) in [5.41, 5.74) is 0.836. The van der Waals surface area contributed by atoms with Crippen molar-refractivity contribution in [2.75, 3.05) is 19.8 Å². The number of imide groups is 2. The Bertz CT molecular complexity index is 609. The SMILES string of the molecule is CC1CC[NH+](CN2C(=O)C(=O)N(Cc3ccccc3)C2=O)CC1. The van der Waals surface area contributed by atoms with Gasteiger partial charge in [-0.15, -0.1) is 0 Å². The molecule has 1 aromatic carbocycles. The molecule has 0 bridgehead atoms. The number of benzene rings is 1. The van der Waals surface area contributed by atoms with Crippen LogP contribution in [0.4, 0.5) is 4.79 Å². The zero-order chi connectivity index (χ0) is 16.4. The van der Waals surface area contributed by atoms with E-state index in [1.54, 1.807) is 0 Å². The predicted molar refractivity (Wildman–Crippen MR) is 83.2 cm³/mol. The topological polar surface area (TPSA) is 62.1 Å². The second kappa shape index (κ2) is 6.50. The molecule has 122 valence electrons. The molecule has 0 aliphatic carbocycles. The van der Waals surface area contributed by atoms with Gasteiger partial charge >= 0.3 is 17.8 Å². The van der Waals surface area contributed by atoms with E-state index in [2.05, 4.69) is 6.92 Å². The number of nitrogens with one attached hydrogen (secondary N) is 1. The van der Waals surface area contributed by atoms with Gasteiger partial charge in [-0.1, -0.05) is 37.3 Å². The van der Waals surface area contributed by atoms with Crippen molar-refractivity contribution in [3.05, 3.63) is 35.9 Å². The summed E-state index contributed by atoms with van der Waals surface area (Å²) >= 11 is 0. The quantitative estimate of drug-likeness (QED) is 0.640. The number of urea groups is 1. The van der Waals surface area contributed by atoms with Gasteiger partial charge in [0.1, 0.15) is 0 Å². The molecule has 0 atom stereocenters. The monoisotopic (exact) mass is 316 g/mol. The molecule has 1 aromatic rings. The number of amides is 4. The molecule has 0 unspecified atom stereocenters. The Labute approximate surface area is 135 Å². The molecule has 2 fully saturated rings. The van der Waals surface area contributed by atoms with Crippen LogP contribution in [-0.4, -0.2) is 47.4 Å². The molecular formula is C17H22N3O3+. The van der Waals surface area contributed by atoms with Crippen molar-refractivity contribution in [3.8, 4) is 0 Å². The highest BCUT2D eigenvalue weighted by Gasteiger charge is 2.46. The summed E-state index contributed by atoms with van der Waals surface area (Å²) in [5.74, 6) is -0.722. The van der Waals surface area contributed by atoms with Crippen LogP contribution in [-0.2, 0) is 16.1 Å². The van der Waals surface area contributed by atoms with Crippen LogP contribution in [0.3, 0.4) is 0 Å². The Balaban J connectivity index is 1.67. The van der Waals surface area contributed by atoms with Gasteiger partial charge in [0, 0.05) is 0 Å². The number of carbonyl (C=O) groups is 3. The molecule has 23 heavy (non-hydrogen) atoms. The Hall–Kier alpha value is -2.21. The van der Waals surface area contributed by atoms with Crippen LogP contribution in [0, 0.1) is 5.92 Å².